The number of nitrogens with zero attached hydrogens (tertiary/aromatic N) is 2. The summed E-state index contributed by atoms with van der Waals surface area (Å²) in [6.45, 7) is 1.85. The highest BCUT2D eigenvalue weighted by molar-refractivity contribution is 7.15. The number of fused-ring (bicyclic) bond motifs is 1. The van der Waals surface area contributed by atoms with Crippen molar-refractivity contribution in [3.8, 4) is 0 Å². The van der Waals surface area contributed by atoms with Crippen LogP contribution in [-0.2, 0) is 13.0 Å². The first-order chi connectivity index (χ1) is 14.1. The number of thiazole rings is 1. The van der Waals surface area contributed by atoms with Crippen LogP contribution in [0.1, 0.15) is 20.9 Å². The maximum atomic E-state index is 12.5. The summed E-state index contributed by atoms with van der Waals surface area (Å²) in [6.07, 6.45) is 0.906. The molecule has 29 heavy (non-hydrogen) atoms. The lowest BCUT2D eigenvalue weighted by Gasteiger charge is -2.20. The van der Waals surface area contributed by atoms with Gasteiger partial charge >= 0.3 is 6.03 Å². The summed E-state index contributed by atoms with van der Waals surface area (Å²) in [5.41, 5.74) is 2.89. The average Bonchev–Trinajstić information content (AvgIpc) is 3.10. The number of rotatable bonds is 4. The molecule has 148 valence electrons. The van der Waals surface area contributed by atoms with Crippen molar-refractivity contribution in [2.24, 2.45) is 0 Å². The van der Waals surface area contributed by atoms with Crippen LogP contribution in [0.5, 0.6) is 0 Å². The topological polar surface area (TPSA) is 86.4 Å². The fourth-order valence-electron chi connectivity index (χ4n) is 3.07. The molecular weight excluding hydrogens is 386 g/mol. The maximum Gasteiger partial charge on any atom is 0.323 e. The quantitative estimate of drug-likeness (QED) is 0.610. The predicted octanol–water partition coefficient (Wildman–Crippen LogP) is 4.03. The van der Waals surface area contributed by atoms with Crippen LogP contribution >= 0.6 is 11.3 Å². The molecule has 0 spiro atoms. The Morgan fingerprint density at radius 2 is 1.66 bits per heavy atom. The Hall–Kier alpha value is -3.23. The zero-order valence-electron chi connectivity index (χ0n) is 15.9. The van der Waals surface area contributed by atoms with Gasteiger partial charge in [-0.3, -0.25) is 10.1 Å². The van der Waals surface area contributed by atoms with E-state index in [0.717, 1.165) is 25.2 Å². The SMILES string of the molecule is CN1CCc2nc(NC(=O)c3ccc(NC(=O)Nc4ccccc4)cc3)sc2C1. The third-order valence-electron chi connectivity index (χ3n) is 4.58. The third kappa shape index (κ3) is 4.79. The molecule has 0 saturated heterocycles. The number of aromatic nitrogens is 1. The number of hydrogen-bond acceptors (Lipinski definition) is 5. The van der Waals surface area contributed by atoms with Crippen molar-refractivity contribution in [2.75, 3.05) is 29.5 Å². The number of amides is 3. The first-order valence-corrected chi connectivity index (χ1v) is 10.1. The van der Waals surface area contributed by atoms with E-state index in [1.54, 1.807) is 24.3 Å². The van der Waals surface area contributed by atoms with E-state index < -0.39 is 0 Å². The van der Waals surface area contributed by atoms with Gasteiger partial charge in [-0.25, -0.2) is 9.78 Å². The van der Waals surface area contributed by atoms with E-state index in [1.807, 2.05) is 30.3 Å². The summed E-state index contributed by atoms with van der Waals surface area (Å²) in [5.74, 6) is -0.218. The number of carbonyl (C=O) groups excluding carboxylic acids is 2. The molecule has 2 heterocycles. The number of anilines is 3. The van der Waals surface area contributed by atoms with Gasteiger partial charge in [-0.1, -0.05) is 18.2 Å². The molecule has 3 N–H and O–H groups in total. The molecule has 1 aromatic heterocycles. The smallest absolute Gasteiger partial charge is 0.308 e. The Balaban J connectivity index is 1.35. The lowest BCUT2D eigenvalue weighted by molar-refractivity contribution is 0.102. The minimum atomic E-state index is -0.341. The zero-order valence-corrected chi connectivity index (χ0v) is 16.8. The third-order valence-corrected chi connectivity index (χ3v) is 5.58. The van der Waals surface area contributed by atoms with Gasteiger partial charge in [-0.05, 0) is 43.4 Å². The van der Waals surface area contributed by atoms with Crippen LogP contribution in [0.4, 0.5) is 21.3 Å². The van der Waals surface area contributed by atoms with Gasteiger partial charge < -0.3 is 15.5 Å². The number of urea groups is 1. The van der Waals surface area contributed by atoms with Crippen molar-refractivity contribution < 1.29 is 9.59 Å². The number of likely N-dealkylation sites (N-methyl/N-ethyl adjacent to an activating group) is 1. The molecule has 8 heteroatoms. The molecule has 3 aromatic rings. The van der Waals surface area contributed by atoms with E-state index in [1.165, 1.54) is 16.2 Å². The number of para-hydroxylation sites is 1. The summed E-state index contributed by atoms with van der Waals surface area (Å²) < 4.78 is 0. The zero-order chi connectivity index (χ0) is 20.2. The largest absolute Gasteiger partial charge is 0.323 e. The highest BCUT2D eigenvalue weighted by Crippen LogP contribution is 2.28. The monoisotopic (exact) mass is 407 g/mol. The minimum Gasteiger partial charge on any atom is -0.308 e. The number of hydrogen-bond donors (Lipinski definition) is 3. The van der Waals surface area contributed by atoms with Gasteiger partial charge in [-0.15, -0.1) is 11.3 Å². The van der Waals surface area contributed by atoms with Crippen LogP contribution in [0.15, 0.2) is 54.6 Å². The molecule has 1 aliphatic rings. The Labute approximate surface area is 172 Å². The molecule has 0 radical (unpaired) electrons. The van der Waals surface area contributed by atoms with E-state index in [0.29, 0.717) is 22.1 Å². The standard InChI is InChI=1S/C21H21N5O2S/c1-26-12-11-17-18(13-26)29-21(24-17)25-19(27)14-7-9-16(10-8-14)23-20(28)22-15-5-3-2-4-6-15/h2-10H,11-13H2,1H3,(H2,22,23,28)(H,24,25,27). The molecule has 2 aromatic carbocycles. The van der Waals surface area contributed by atoms with Crippen molar-refractivity contribution in [3.05, 3.63) is 70.7 Å². The van der Waals surface area contributed by atoms with Gasteiger partial charge in [0.15, 0.2) is 5.13 Å². The minimum absolute atomic E-state index is 0.218. The lowest BCUT2D eigenvalue weighted by atomic mass is 10.2. The fraction of sp³-hybridized carbons (Fsp3) is 0.190. The van der Waals surface area contributed by atoms with Gasteiger partial charge in [0, 0.05) is 41.3 Å². The molecular formula is C21H21N5O2S. The molecule has 0 unspecified atom stereocenters. The lowest BCUT2D eigenvalue weighted by Crippen LogP contribution is -2.25. The Bertz CT molecular complexity index is 1020. The summed E-state index contributed by atoms with van der Waals surface area (Å²) >= 11 is 1.52. The second-order valence-electron chi connectivity index (χ2n) is 6.85. The van der Waals surface area contributed by atoms with Crippen molar-refractivity contribution in [1.82, 2.24) is 9.88 Å². The molecule has 0 saturated carbocycles. The van der Waals surface area contributed by atoms with Crippen molar-refractivity contribution in [3.63, 3.8) is 0 Å². The first kappa shape index (κ1) is 19.1. The first-order valence-electron chi connectivity index (χ1n) is 9.28. The van der Waals surface area contributed by atoms with Crippen LogP contribution in [0.2, 0.25) is 0 Å². The van der Waals surface area contributed by atoms with Crippen LogP contribution in [0.25, 0.3) is 0 Å². The second-order valence-corrected chi connectivity index (χ2v) is 7.94. The highest BCUT2D eigenvalue weighted by atomic mass is 32.1. The molecule has 7 nitrogen and oxygen atoms in total. The molecule has 1 aliphatic heterocycles. The number of benzene rings is 2. The van der Waals surface area contributed by atoms with Crippen LogP contribution in [0.3, 0.4) is 0 Å². The van der Waals surface area contributed by atoms with E-state index in [-0.39, 0.29) is 11.9 Å². The van der Waals surface area contributed by atoms with E-state index in [4.69, 9.17) is 0 Å². The van der Waals surface area contributed by atoms with E-state index in [2.05, 4.69) is 32.9 Å². The van der Waals surface area contributed by atoms with Gasteiger partial charge in [0.05, 0.1) is 5.69 Å². The summed E-state index contributed by atoms with van der Waals surface area (Å²) in [4.78, 5) is 32.6. The van der Waals surface area contributed by atoms with Crippen LogP contribution < -0.4 is 16.0 Å². The molecule has 0 aliphatic carbocycles. The predicted molar refractivity (Wildman–Crippen MR) is 116 cm³/mol. The van der Waals surface area contributed by atoms with Gasteiger partial charge in [0.1, 0.15) is 0 Å². The molecule has 0 bridgehead atoms. The summed E-state index contributed by atoms with van der Waals surface area (Å²) in [6, 6.07) is 15.6. The van der Waals surface area contributed by atoms with Crippen LogP contribution in [0, 0.1) is 0 Å². The van der Waals surface area contributed by atoms with Gasteiger partial charge in [0.2, 0.25) is 0 Å². The number of nitrogens with one attached hydrogen (secondary N) is 3. The average molecular weight is 407 g/mol. The van der Waals surface area contributed by atoms with E-state index >= 15 is 0 Å². The number of carbonyl (C=O) groups is 2. The Morgan fingerprint density at radius 3 is 2.38 bits per heavy atom. The molecule has 4 rings (SSSR count). The van der Waals surface area contributed by atoms with E-state index in [9.17, 15) is 9.59 Å². The van der Waals surface area contributed by atoms with Crippen molar-refractivity contribution in [1.29, 1.82) is 0 Å². The Morgan fingerprint density at radius 1 is 0.966 bits per heavy atom. The summed E-state index contributed by atoms with van der Waals surface area (Å²) in [7, 11) is 2.08. The summed E-state index contributed by atoms with van der Waals surface area (Å²) in [5, 5.41) is 8.99. The second kappa shape index (κ2) is 8.42. The fourth-order valence-corrected chi connectivity index (χ4v) is 4.15. The highest BCUT2D eigenvalue weighted by Gasteiger charge is 2.19. The van der Waals surface area contributed by atoms with Gasteiger partial charge in [-0.2, -0.15) is 0 Å². The van der Waals surface area contributed by atoms with Crippen molar-refractivity contribution >= 4 is 39.8 Å². The van der Waals surface area contributed by atoms with Crippen LogP contribution in [-0.4, -0.2) is 35.4 Å². The Kier molecular flexibility index (Phi) is 5.55. The van der Waals surface area contributed by atoms with Gasteiger partial charge in [0.25, 0.3) is 5.91 Å². The normalized spacial score (nSPS) is 13.4. The molecule has 0 fully saturated rings. The molecule has 3 amide bonds. The van der Waals surface area contributed by atoms with Crippen molar-refractivity contribution in [2.45, 2.75) is 13.0 Å². The molecule has 0 atom stereocenters. The maximum absolute atomic E-state index is 12.5.